The molecule has 3 nitrogen and oxygen atoms in total. The maximum atomic E-state index is 4.56. The number of nitrogens with zero attached hydrogens (tertiary/aromatic N) is 3. The molecule has 0 amide bonds. The molecule has 0 N–H and O–H groups in total. The first kappa shape index (κ1) is 17.5. The quantitative estimate of drug-likeness (QED) is 0.641. The normalized spacial score (nSPS) is 16.0. The van der Waals surface area contributed by atoms with E-state index >= 15 is 0 Å². The van der Waals surface area contributed by atoms with Crippen LogP contribution < -0.4 is 0 Å². The smallest absolute Gasteiger partial charge is 0.191 e. The van der Waals surface area contributed by atoms with Crippen molar-refractivity contribution in [2.75, 3.05) is 0 Å². The monoisotopic (exact) mass is 343 g/mol. The number of aromatic nitrogens is 3. The van der Waals surface area contributed by atoms with Gasteiger partial charge in [-0.3, -0.25) is 0 Å². The summed E-state index contributed by atoms with van der Waals surface area (Å²) in [4.78, 5) is 0. The maximum Gasteiger partial charge on any atom is 0.191 e. The average molecular weight is 344 g/mol. The second-order valence-electron chi connectivity index (χ2n) is 7.38. The molecular weight excluding hydrogens is 314 g/mol. The Balaban J connectivity index is 1.83. The second-order valence-corrected chi connectivity index (χ2v) is 8.32. The summed E-state index contributed by atoms with van der Waals surface area (Å²) in [6.07, 6.45) is 6.59. The van der Waals surface area contributed by atoms with Crippen LogP contribution in [-0.4, -0.2) is 14.8 Å². The fourth-order valence-corrected chi connectivity index (χ4v) is 4.64. The number of hydrogen-bond acceptors (Lipinski definition) is 3. The van der Waals surface area contributed by atoms with Gasteiger partial charge in [-0.05, 0) is 37.8 Å². The van der Waals surface area contributed by atoms with Crippen molar-refractivity contribution >= 4 is 11.8 Å². The van der Waals surface area contributed by atoms with Gasteiger partial charge < -0.3 is 4.57 Å². The van der Waals surface area contributed by atoms with Crippen LogP contribution >= 0.6 is 11.8 Å². The van der Waals surface area contributed by atoms with Crippen molar-refractivity contribution in [3.8, 4) is 0 Å². The van der Waals surface area contributed by atoms with Crippen LogP contribution in [0.2, 0.25) is 0 Å². The van der Waals surface area contributed by atoms with Crippen LogP contribution in [0.5, 0.6) is 0 Å². The van der Waals surface area contributed by atoms with Gasteiger partial charge in [0.25, 0.3) is 0 Å². The minimum atomic E-state index is 0.425. The summed E-state index contributed by atoms with van der Waals surface area (Å²) >= 11 is 1.84. The largest absolute Gasteiger partial charge is 0.303 e. The molecular formula is C20H29N3S. The first-order chi connectivity index (χ1) is 11.6. The molecule has 130 valence electrons. The highest BCUT2D eigenvalue weighted by atomic mass is 32.2. The van der Waals surface area contributed by atoms with Crippen molar-refractivity contribution in [2.24, 2.45) is 0 Å². The van der Waals surface area contributed by atoms with Crippen molar-refractivity contribution in [1.82, 2.24) is 14.8 Å². The zero-order valence-corrected chi connectivity index (χ0v) is 16.2. The van der Waals surface area contributed by atoms with Gasteiger partial charge in [-0.2, -0.15) is 0 Å². The van der Waals surface area contributed by atoms with Gasteiger partial charge in [-0.1, -0.05) is 68.6 Å². The molecule has 24 heavy (non-hydrogen) atoms. The molecule has 0 radical (unpaired) electrons. The Bertz CT molecular complexity index is 684. The molecule has 0 spiro atoms. The van der Waals surface area contributed by atoms with Crippen molar-refractivity contribution in [3.63, 3.8) is 0 Å². The highest BCUT2D eigenvalue weighted by molar-refractivity contribution is 7.98. The summed E-state index contributed by atoms with van der Waals surface area (Å²) < 4.78 is 2.46. The van der Waals surface area contributed by atoms with E-state index < -0.39 is 0 Å². The molecule has 4 heteroatoms. The summed E-state index contributed by atoms with van der Waals surface area (Å²) in [6.45, 7) is 8.81. The highest BCUT2D eigenvalue weighted by Gasteiger charge is 2.24. The molecule has 0 saturated heterocycles. The third-order valence-electron chi connectivity index (χ3n) is 5.01. The zero-order chi connectivity index (χ0) is 17.1. The number of benzene rings is 1. The van der Waals surface area contributed by atoms with Gasteiger partial charge >= 0.3 is 0 Å². The predicted octanol–water partition coefficient (Wildman–Crippen LogP) is 5.82. The lowest BCUT2D eigenvalue weighted by molar-refractivity contribution is 0.326. The van der Waals surface area contributed by atoms with Gasteiger partial charge in [0.15, 0.2) is 5.16 Å². The molecule has 1 aliphatic carbocycles. The number of rotatable bonds is 5. The van der Waals surface area contributed by atoms with E-state index in [0.29, 0.717) is 12.0 Å². The maximum absolute atomic E-state index is 4.56. The highest BCUT2D eigenvalue weighted by Crippen LogP contribution is 2.35. The zero-order valence-electron chi connectivity index (χ0n) is 15.4. The third kappa shape index (κ3) is 3.85. The van der Waals surface area contributed by atoms with E-state index in [9.17, 15) is 0 Å². The molecule has 3 rings (SSSR count). The summed E-state index contributed by atoms with van der Waals surface area (Å²) in [7, 11) is 0. The van der Waals surface area contributed by atoms with Crippen molar-refractivity contribution < 1.29 is 0 Å². The van der Waals surface area contributed by atoms with Gasteiger partial charge in [-0.25, -0.2) is 0 Å². The first-order valence-electron chi connectivity index (χ1n) is 9.20. The molecule has 1 saturated carbocycles. The van der Waals surface area contributed by atoms with E-state index in [-0.39, 0.29) is 0 Å². The van der Waals surface area contributed by atoms with E-state index in [4.69, 9.17) is 0 Å². The first-order valence-corrected chi connectivity index (χ1v) is 10.2. The Morgan fingerprint density at radius 1 is 1.12 bits per heavy atom. The van der Waals surface area contributed by atoms with E-state index in [0.717, 1.165) is 16.7 Å². The van der Waals surface area contributed by atoms with Crippen LogP contribution in [0.15, 0.2) is 23.4 Å². The molecule has 0 unspecified atom stereocenters. The predicted molar refractivity (Wildman–Crippen MR) is 102 cm³/mol. The van der Waals surface area contributed by atoms with Crippen molar-refractivity contribution in [1.29, 1.82) is 0 Å². The summed E-state index contributed by atoms with van der Waals surface area (Å²) in [6, 6.07) is 7.29. The summed E-state index contributed by atoms with van der Waals surface area (Å²) in [5, 5.41) is 10.2. The molecule has 1 aromatic carbocycles. The van der Waals surface area contributed by atoms with E-state index in [1.54, 1.807) is 0 Å². The van der Waals surface area contributed by atoms with Crippen LogP contribution in [0, 0.1) is 13.8 Å². The second kappa shape index (κ2) is 7.73. The molecule has 2 aromatic rings. The van der Waals surface area contributed by atoms with Gasteiger partial charge in [0.1, 0.15) is 5.82 Å². The Kier molecular flexibility index (Phi) is 5.65. The average Bonchev–Trinajstić information content (AvgIpc) is 3.00. The Morgan fingerprint density at radius 3 is 2.58 bits per heavy atom. The Hall–Kier alpha value is -1.29. The van der Waals surface area contributed by atoms with Crippen molar-refractivity contribution in [2.45, 2.75) is 82.7 Å². The fourth-order valence-electron chi connectivity index (χ4n) is 3.56. The third-order valence-corrected chi connectivity index (χ3v) is 6.00. The number of hydrogen-bond donors (Lipinski definition) is 0. The molecule has 0 atom stereocenters. The lowest BCUT2D eigenvalue weighted by atomic mass is 9.95. The van der Waals surface area contributed by atoms with Crippen LogP contribution in [-0.2, 0) is 5.75 Å². The lowest BCUT2D eigenvalue weighted by Crippen LogP contribution is -2.17. The van der Waals surface area contributed by atoms with Gasteiger partial charge in [0, 0.05) is 17.7 Å². The molecule has 0 aliphatic heterocycles. The van der Waals surface area contributed by atoms with Crippen LogP contribution in [0.25, 0.3) is 0 Å². The standard InChI is InChI=1S/C20H29N3S/c1-14(2)19-21-22-20(23(19)18-8-6-5-7-9-18)24-13-17-12-15(3)10-11-16(17)4/h10-12,14,18H,5-9,13H2,1-4H3. The number of thioether (sulfide) groups is 1. The lowest BCUT2D eigenvalue weighted by Gasteiger charge is -2.26. The minimum absolute atomic E-state index is 0.425. The van der Waals surface area contributed by atoms with Gasteiger partial charge in [0.2, 0.25) is 0 Å². The van der Waals surface area contributed by atoms with E-state index in [1.807, 2.05) is 11.8 Å². The van der Waals surface area contributed by atoms with Crippen LogP contribution in [0.4, 0.5) is 0 Å². The van der Waals surface area contributed by atoms with Gasteiger partial charge in [0.05, 0.1) is 0 Å². The van der Waals surface area contributed by atoms with Crippen LogP contribution in [0.1, 0.15) is 80.4 Å². The summed E-state index contributed by atoms with van der Waals surface area (Å²) in [5.74, 6) is 2.55. The van der Waals surface area contributed by atoms with Gasteiger partial charge in [-0.15, -0.1) is 10.2 Å². The van der Waals surface area contributed by atoms with Crippen LogP contribution in [0.3, 0.4) is 0 Å². The minimum Gasteiger partial charge on any atom is -0.303 e. The van der Waals surface area contributed by atoms with E-state index in [1.165, 1.54) is 48.8 Å². The Morgan fingerprint density at radius 2 is 1.88 bits per heavy atom. The molecule has 1 fully saturated rings. The van der Waals surface area contributed by atoms with Crippen molar-refractivity contribution in [3.05, 3.63) is 40.7 Å². The topological polar surface area (TPSA) is 30.7 Å². The SMILES string of the molecule is Cc1ccc(C)c(CSc2nnc(C(C)C)n2C2CCCCC2)c1. The Labute approximate surface area is 150 Å². The molecule has 1 aromatic heterocycles. The summed E-state index contributed by atoms with van der Waals surface area (Å²) in [5.41, 5.74) is 4.10. The van der Waals surface area contributed by atoms with E-state index in [2.05, 4.69) is 60.7 Å². The molecule has 1 aliphatic rings. The molecule has 0 bridgehead atoms. The fraction of sp³-hybridized carbons (Fsp3) is 0.600. The molecule has 1 heterocycles. The number of aryl methyl sites for hydroxylation is 2.